The fraction of sp³-hybridized carbons (Fsp3) is 0. The second-order valence-corrected chi connectivity index (χ2v) is 13.2. The van der Waals surface area contributed by atoms with E-state index in [1.54, 1.807) is 6.26 Å². The fourth-order valence-corrected chi connectivity index (χ4v) is 8.31. The molecule has 0 aliphatic heterocycles. The van der Waals surface area contributed by atoms with Gasteiger partial charge >= 0.3 is 0 Å². The van der Waals surface area contributed by atoms with Crippen LogP contribution in [0.5, 0.6) is 0 Å². The van der Waals surface area contributed by atoms with Gasteiger partial charge in [0.2, 0.25) is 0 Å². The lowest BCUT2D eigenvalue weighted by molar-refractivity contribution is 0.616. The highest BCUT2D eigenvalue weighted by molar-refractivity contribution is 6.27. The molecule has 50 heavy (non-hydrogen) atoms. The van der Waals surface area contributed by atoms with Gasteiger partial charge in [-0.15, -0.1) is 0 Å². The van der Waals surface area contributed by atoms with Crippen LogP contribution in [-0.4, -0.2) is 0 Å². The van der Waals surface area contributed by atoms with Gasteiger partial charge in [-0.1, -0.05) is 127 Å². The summed E-state index contributed by atoms with van der Waals surface area (Å²) in [6.07, 6.45) is 1.77. The van der Waals surface area contributed by atoms with Gasteiger partial charge in [-0.2, -0.15) is 0 Å². The zero-order valence-electron chi connectivity index (χ0n) is 27.0. The minimum absolute atomic E-state index is 0.904. The second kappa shape index (κ2) is 10.4. The first-order chi connectivity index (χ1) is 24.8. The van der Waals surface area contributed by atoms with Crippen LogP contribution in [0.4, 0.5) is 0 Å². The third-order valence-electron chi connectivity index (χ3n) is 10.5. The normalized spacial score (nSPS) is 12.0. The Labute approximate surface area is 287 Å². The molecule has 0 fully saturated rings. The maximum atomic E-state index is 6.64. The van der Waals surface area contributed by atoms with Gasteiger partial charge in [0.25, 0.3) is 0 Å². The summed E-state index contributed by atoms with van der Waals surface area (Å²) in [6, 6.07) is 59.1. The van der Waals surface area contributed by atoms with Crippen LogP contribution in [0.1, 0.15) is 0 Å². The Morgan fingerprint density at radius 1 is 0.340 bits per heavy atom. The van der Waals surface area contributed by atoms with Crippen molar-refractivity contribution in [3.05, 3.63) is 170 Å². The molecular weight excluding hydrogens is 609 g/mol. The van der Waals surface area contributed by atoms with E-state index in [0.717, 1.165) is 38.3 Å². The van der Waals surface area contributed by atoms with E-state index in [-0.39, 0.29) is 0 Å². The number of hydrogen-bond acceptors (Lipinski definition) is 2. The lowest BCUT2D eigenvalue weighted by Crippen LogP contribution is -1.91. The fourth-order valence-electron chi connectivity index (χ4n) is 8.31. The van der Waals surface area contributed by atoms with Crippen molar-refractivity contribution in [3.63, 3.8) is 0 Å². The Balaban J connectivity index is 1.18. The van der Waals surface area contributed by atoms with Gasteiger partial charge in [-0.05, 0) is 107 Å². The van der Waals surface area contributed by atoms with E-state index in [4.69, 9.17) is 8.83 Å². The molecule has 0 unspecified atom stereocenters. The molecule has 0 bridgehead atoms. The number of hydrogen-bond donors (Lipinski definition) is 0. The van der Waals surface area contributed by atoms with E-state index in [1.807, 2.05) is 6.07 Å². The summed E-state index contributed by atoms with van der Waals surface area (Å²) in [5.74, 6) is 0. The Hall–Kier alpha value is -6.64. The van der Waals surface area contributed by atoms with Gasteiger partial charge < -0.3 is 8.83 Å². The van der Waals surface area contributed by atoms with Crippen molar-refractivity contribution in [2.45, 2.75) is 0 Å². The Kier molecular flexibility index (Phi) is 5.70. The van der Waals surface area contributed by atoms with Crippen molar-refractivity contribution < 1.29 is 8.83 Å². The topological polar surface area (TPSA) is 26.3 Å². The summed E-state index contributed by atoms with van der Waals surface area (Å²) < 4.78 is 12.4. The van der Waals surface area contributed by atoms with Gasteiger partial charge in [0.1, 0.15) is 16.7 Å². The molecule has 2 heterocycles. The van der Waals surface area contributed by atoms with E-state index in [2.05, 4.69) is 158 Å². The van der Waals surface area contributed by atoms with Gasteiger partial charge in [-0.3, -0.25) is 0 Å². The van der Waals surface area contributed by atoms with Crippen LogP contribution >= 0.6 is 0 Å². The van der Waals surface area contributed by atoms with Crippen LogP contribution in [0.2, 0.25) is 0 Å². The molecule has 232 valence electrons. The molecule has 2 aromatic heterocycles. The molecule has 0 aliphatic carbocycles. The lowest BCUT2D eigenvalue weighted by Gasteiger charge is -2.18. The first-order valence-corrected chi connectivity index (χ1v) is 17.1. The number of benzene rings is 9. The molecule has 0 radical (unpaired) electrons. The van der Waals surface area contributed by atoms with Gasteiger partial charge in [0.05, 0.1) is 6.26 Å². The van der Waals surface area contributed by atoms with Gasteiger partial charge in [-0.25, -0.2) is 0 Å². The maximum absolute atomic E-state index is 6.64. The number of furan rings is 2. The van der Waals surface area contributed by atoms with Crippen molar-refractivity contribution in [2.24, 2.45) is 0 Å². The molecule has 2 heteroatoms. The summed E-state index contributed by atoms with van der Waals surface area (Å²) >= 11 is 0. The van der Waals surface area contributed by atoms with Crippen molar-refractivity contribution in [1.29, 1.82) is 0 Å². The van der Waals surface area contributed by atoms with Crippen LogP contribution in [0, 0.1) is 0 Å². The lowest BCUT2D eigenvalue weighted by atomic mass is 9.84. The first-order valence-electron chi connectivity index (χ1n) is 17.1. The summed E-state index contributed by atoms with van der Waals surface area (Å²) in [7, 11) is 0. The van der Waals surface area contributed by atoms with Crippen molar-refractivity contribution in [3.8, 4) is 33.4 Å². The number of rotatable bonds is 3. The van der Waals surface area contributed by atoms with Crippen LogP contribution in [0.3, 0.4) is 0 Å². The standard InChI is InChI=1S/C48H28O2/c1-2-10-35-30(9-1)23-24-42-47-41(16-8-18-44(47)50-48(35)42)46-39-13-5-3-11-37(39)45(38-12-4-6-14-40(38)46)32-22-20-29-19-21-31(27-33(29)28-32)34-15-7-17-43-36(34)25-26-49-43/h1-28H. The minimum atomic E-state index is 0.904. The Morgan fingerprint density at radius 2 is 0.960 bits per heavy atom. The predicted octanol–water partition coefficient (Wildman–Crippen LogP) is 13.9. The monoisotopic (exact) mass is 636 g/mol. The first kappa shape index (κ1) is 27.3. The zero-order chi connectivity index (χ0) is 32.8. The largest absolute Gasteiger partial charge is 0.464 e. The van der Waals surface area contributed by atoms with Crippen LogP contribution in [-0.2, 0) is 0 Å². The molecule has 0 spiro atoms. The van der Waals surface area contributed by atoms with E-state index in [9.17, 15) is 0 Å². The van der Waals surface area contributed by atoms with Gasteiger partial charge in [0, 0.05) is 21.5 Å². The van der Waals surface area contributed by atoms with Crippen LogP contribution < -0.4 is 0 Å². The van der Waals surface area contributed by atoms with E-state index >= 15 is 0 Å². The molecule has 0 saturated carbocycles. The molecule has 9 aromatic carbocycles. The highest BCUT2D eigenvalue weighted by atomic mass is 16.3. The molecule has 0 saturated heterocycles. The van der Waals surface area contributed by atoms with E-state index < -0.39 is 0 Å². The average Bonchev–Trinajstić information content (AvgIpc) is 3.82. The smallest absolute Gasteiger partial charge is 0.143 e. The van der Waals surface area contributed by atoms with Crippen molar-refractivity contribution in [1.82, 2.24) is 0 Å². The molecule has 0 aliphatic rings. The average molecular weight is 637 g/mol. The maximum Gasteiger partial charge on any atom is 0.143 e. The summed E-state index contributed by atoms with van der Waals surface area (Å²) in [6.45, 7) is 0. The number of fused-ring (bicyclic) bond motifs is 9. The molecule has 0 atom stereocenters. The molecule has 2 nitrogen and oxygen atoms in total. The highest BCUT2D eigenvalue weighted by Crippen LogP contribution is 2.48. The molecule has 11 aromatic rings. The molecular formula is C48H28O2. The highest BCUT2D eigenvalue weighted by Gasteiger charge is 2.21. The van der Waals surface area contributed by atoms with Crippen molar-refractivity contribution in [2.75, 3.05) is 0 Å². The van der Waals surface area contributed by atoms with Crippen LogP contribution in [0.25, 0.3) is 109 Å². The van der Waals surface area contributed by atoms with Crippen molar-refractivity contribution >= 4 is 76.0 Å². The quantitative estimate of drug-likeness (QED) is 0.180. The van der Waals surface area contributed by atoms with Crippen LogP contribution in [0.15, 0.2) is 179 Å². The Bertz CT molecular complexity index is 3100. The zero-order valence-corrected chi connectivity index (χ0v) is 27.0. The van der Waals surface area contributed by atoms with Gasteiger partial charge in [0.15, 0.2) is 0 Å². The SMILES string of the molecule is c1ccc2c(c1)ccc1c2oc2cccc(-c3c4ccccc4c(-c4ccc5ccc(-c6cccc7occc67)cc5c4)c4ccccc34)c21. The summed E-state index contributed by atoms with van der Waals surface area (Å²) in [5, 5.41) is 13.1. The molecule has 11 rings (SSSR count). The Morgan fingerprint density at radius 3 is 1.74 bits per heavy atom. The predicted molar refractivity (Wildman–Crippen MR) is 210 cm³/mol. The molecule has 0 N–H and O–H groups in total. The second-order valence-electron chi connectivity index (χ2n) is 13.2. The summed E-state index contributed by atoms with van der Waals surface area (Å²) in [5.41, 5.74) is 9.98. The summed E-state index contributed by atoms with van der Waals surface area (Å²) in [4.78, 5) is 0. The minimum Gasteiger partial charge on any atom is -0.464 e. The third-order valence-corrected chi connectivity index (χ3v) is 10.5. The third kappa shape index (κ3) is 3.90. The van der Waals surface area contributed by atoms with E-state index in [1.165, 1.54) is 71.1 Å². The van der Waals surface area contributed by atoms with E-state index in [0.29, 0.717) is 0 Å². The molecule has 0 amide bonds.